The molecule has 6 rings (SSSR count). The van der Waals surface area contributed by atoms with Gasteiger partial charge in [0.2, 0.25) is 6.79 Å². The molecular weight excluding hydrogens is 474 g/mol. The van der Waals surface area contributed by atoms with E-state index in [2.05, 4.69) is 54.6 Å². The maximum atomic E-state index is 13.5. The summed E-state index contributed by atoms with van der Waals surface area (Å²) in [4.78, 5) is 21.2. The summed E-state index contributed by atoms with van der Waals surface area (Å²) in [6.45, 7) is 5.31. The largest absolute Gasteiger partial charge is 0.454 e. The number of H-pyrrole nitrogens is 1. The molecule has 0 saturated carbocycles. The van der Waals surface area contributed by atoms with Gasteiger partial charge >= 0.3 is 0 Å². The molecule has 2 aliphatic heterocycles. The van der Waals surface area contributed by atoms with Crippen molar-refractivity contribution in [2.45, 2.75) is 19.1 Å². The molecule has 1 N–H and O–H groups in total. The van der Waals surface area contributed by atoms with Crippen molar-refractivity contribution in [2.24, 2.45) is 0 Å². The van der Waals surface area contributed by atoms with E-state index in [4.69, 9.17) is 14.2 Å². The van der Waals surface area contributed by atoms with Crippen LogP contribution in [0.25, 0.3) is 10.9 Å². The van der Waals surface area contributed by atoms with Crippen LogP contribution in [0.1, 0.15) is 23.0 Å². The number of fused-ring (bicyclic) bond motifs is 2. The van der Waals surface area contributed by atoms with Crippen LogP contribution in [0.2, 0.25) is 0 Å². The van der Waals surface area contributed by atoms with Crippen LogP contribution in [0.4, 0.5) is 0 Å². The number of ether oxygens (including phenoxy) is 3. The fraction of sp³-hybridized carbons (Fsp3) is 0.385. The van der Waals surface area contributed by atoms with E-state index >= 15 is 0 Å². The summed E-state index contributed by atoms with van der Waals surface area (Å²) < 4.78 is 18.0. The minimum absolute atomic E-state index is 0.174. The summed E-state index contributed by atoms with van der Waals surface area (Å²) in [7, 11) is 1.64. The standard InChI is InChI=1S/C26H29N7O4/c1-35-12-11-33-25(28-29-30-33)24(32-9-7-31(8-10-32)16-18-5-3-2-4-6-18)20-13-19-14-22-23(37-17-36-22)15-21(19)27-26(20)34/h2-6,13-15,24H,7-12,16-17H2,1H3,(H,27,34)/t24-/m0/s1. The first kappa shape index (κ1) is 23.6. The number of piperazine rings is 1. The zero-order valence-corrected chi connectivity index (χ0v) is 20.7. The van der Waals surface area contributed by atoms with Gasteiger partial charge in [0, 0.05) is 56.8 Å². The molecule has 11 heteroatoms. The van der Waals surface area contributed by atoms with E-state index in [0.717, 1.165) is 38.1 Å². The Hall–Kier alpha value is -3.80. The van der Waals surface area contributed by atoms with Crippen LogP contribution in [0.3, 0.4) is 0 Å². The Labute approximate surface area is 213 Å². The molecule has 1 fully saturated rings. The fourth-order valence-electron chi connectivity index (χ4n) is 5.08. The van der Waals surface area contributed by atoms with Gasteiger partial charge in [0.1, 0.15) is 6.04 Å². The lowest BCUT2D eigenvalue weighted by atomic mass is 10.0. The molecule has 1 saturated heterocycles. The highest BCUT2D eigenvalue weighted by Crippen LogP contribution is 2.36. The van der Waals surface area contributed by atoms with Crippen molar-refractivity contribution < 1.29 is 14.2 Å². The highest BCUT2D eigenvalue weighted by Gasteiger charge is 2.33. The first-order chi connectivity index (χ1) is 18.2. The molecule has 0 spiro atoms. The van der Waals surface area contributed by atoms with Crippen molar-refractivity contribution in [3.05, 3.63) is 75.8 Å². The van der Waals surface area contributed by atoms with Crippen molar-refractivity contribution in [2.75, 3.05) is 46.7 Å². The Morgan fingerprint density at radius 1 is 1.05 bits per heavy atom. The molecule has 37 heavy (non-hydrogen) atoms. The van der Waals surface area contributed by atoms with Crippen LogP contribution in [-0.2, 0) is 17.8 Å². The van der Waals surface area contributed by atoms with Crippen molar-refractivity contribution in [1.29, 1.82) is 0 Å². The number of methoxy groups -OCH3 is 1. The molecule has 4 aromatic rings. The lowest BCUT2D eigenvalue weighted by Gasteiger charge is -2.38. The molecular formula is C26H29N7O4. The second kappa shape index (κ2) is 10.3. The molecule has 0 radical (unpaired) electrons. The van der Waals surface area contributed by atoms with Crippen molar-refractivity contribution in [3.63, 3.8) is 0 Å². The maximum absolute atomic E-state index is 13.5. The van der Waals surface area contributed by atoms with Crippen LogP contribution in [0.15, 0.2) is 53.3 Å². The van der Waals surface area contributed by atoms with Gasteiger partial charge in [-0.3, -0.25) is 14.6 Å². The second-order valence-corrected chi connectivity index (χ2v) is 9.30. The van der Waals surface area contributed by atoms with E-state index in [1.165, 1.54) is 5.56 Å². The van der Waals surface area contributed by atoms with Crippen LogP contribution >= 0.6 is 0 Å². The normalized spacial score (nSPS) is 16.9. The predicted octanol–water partition coefficient (Wildman–Crippen LogP) is 1.80. The summed E-state index contributed by atoms with van der Waals surface area (Å²) in [5.41, 5.74) is 2.41. The molecule has 2 aromatic carbocycles. The van der Waals surface area contributed by atoms with Crippen LogP contribution in [0.5, 0.6) is 11.5 Å². The predicted molar refractivity (Wildman–Crippen MR) is 136 cm³/mol. The molecule has 11 nitrogen and oxygen atoms in total. The smallest absolute Gasteiger partial charge is 0.253 e. The molecule has 1 atom stereocenters. The molecule has 0 aliphatic carbocycles. The third-order valence-corrected chi connectivity index (χ3v) is 6.99. The second-order valence-electron chi connectivity index (χ2n) is 9.30. The minimum atomic E-state index is -0.413. The Bertz CT molecular complexity index is 1430. The first-order valence-electron chi connectivity index (χ1n) is 12.4. The first-order valence-corrected chi connectivity index (χ1v) is 12.4. The molecule has 0 bridgehead atoms. The van der Waals surface area contributed by atoms with Crippen molar-refractivity contribution in [3.8, 4) is 11.5 Å². The molecule has 0 amide bonds. The Balaban J connectivity index is 1.34. The highest BCUT2D eigenvalue weighted by atomic mass is 16.7. The van der Waals surface area contributed by atoms with Crippen LogP contribution in [-0.4, -0.2) is 81.7 Å². The molecule has 4 heterocycles. The summed E-state index contributed by atoms with van der Waals surface area (Å²) in [5.74, 6) is 1.92. The van der Waals surface area contributed by atoms with Crippen LogP contribution in [0, 0.1) is 0 Å². The molecule has 2 aliphatic rings. The van der Waals surface area contributed by atoms with E-state index in [1.807, 2.05) is 24.3 Å². The van der Waals surface area contributed by atoms with Gasteiger partial charge in [-0.15, -0.1) is 5.10 Å². The lowest BCUT2D eigenvalue weighted by molar-refractivity contribution is 0.0984. The monoisotopic (exact) mass is 503 g/mol. The van der Waals surface area contributed by atoms with Crippen molar-refractivity contribution in [1.82, 2.24) is 35.0 Å². The van der Waals surface area contributed by atoms with Gasteiger partial charge in [0.05, 0.1) is 18.7 Å². The zero-order valence-electron chi connectivity index (χ0n) is 20.7. The van der Waals surface area contributed by atoms with E-state index in [1.54, 1.807) is 11.8 Å². The molecule has 0 unspecified atom stereocenters. The Morgan fingerprint density at radius 2 is 1.84 bits per heavy atom. The quantitative estimate of drug-likeness (QED) is 0.385. The summed E-state index contributed by atoms with van der Waals surface area (Å²) in [6, 6.07) is 15.7. The molecule has 2 aromatic heterocycles. The van der Waals surface area contributed by atoms with E-state index in [9.17, 15) is 4.79 Å². The van der Waals surface area contributed by atoms with E-state index in [0.29, 0.717) is 41.6 Å². The van der Waals surface area contributed by atoms with Gasteiger partial charge in [-0.1, -0.05) is 30.3 Å². The van der Waals surface area contributed by atoms with Gasteiger partial charge in [-0.05, 0) is 28.1 Å². The van der Waals surface area contributed by atoms with Gasteiger partial charge in [-0.2, -0.15) is 0 Å². The summed E-state index contributed by atoms with van der Waals surface area (Å²) in [5, 5.41) is 13.4. The average molecular weight is 504 g/mol. The van der Waals surface area contributed by atoms with E-state index < -0.39 is 6.04 Å². The average Bonchev–Trinajstić information content (AvgIpc) is 3.57. The number of nitrogens with one attached hydrogen (secondary N) is 1. The zero-order chi connectivity index (χ0) is 25.2. The Kier molecular flexibility index (Phi) is 6.56. The fourth-order valence-corrected chi connectivity index (χ4v) is 5.08. The van der Waals surface area contributed by atoms with Gasteiger partial charge < -0.3 is 19.2 Å². The number of rotatable bonds is 8. The number of tetrazole rings is 1. The molecule has 192 valence electrons. The minimum Gasteiger partial charge on any atom is -0.454 e. The third-order valence-electron chi connectivity index (χ3n) is 6.99. The van der Waals surface area contributed by atoms with E-state index in [-0.39, 0.29) is 12.4 Å². The third kappa shape index (κ3) is 4.80. The number of nitrogens with zero attached hydrogens (tertiary/aromatic N) is 6. The number of aromatic amines is 1. The van der Waals surface area contributed by atoms with Gasteiger partial charge in [0.15, 0.2) is 17.3 Å². The van der Waals surface area contributed by atoms with Gasteiger partial charge in [0.25, 0.3) is 5.56 Å². The topological polar surface area (TPSA) is 111 Å². The SMILES string of the molecule is COCCn1nnnc1[C@H](c1cc2cc3c(cc2[nH]c1=O)OCO3)N1CCN(Cc2ccccc2)CC1. The maximum Gasteiger partial charge on any atom is 0.253 e. The lowest BCUT2D eigenvalue weighted by Crippen LogP contribution is -2.48. The van der Waals surface area contributed by atoms with Gasteiger partial charge in [-0.25, -0.2) is 4.68 Å². The highest BCUT2D eigenvalue weighted by molar-refractivity contribution is 5.83. The number of hydrogen-bond donors (Lipinski definition) is 1. The number of hydrogen-bond acceptors (Lipinski definition) is 9. The van der Waals surface area contributed by atoms with Crippen molar-refractivity contribution >= 4 is 10.9 Å². The summed E-state index contributed by atoms with van der Waals surface area (Å²) >= 11 is 0. The Morgan fingerprint density at radius 3 is 2.62 bits per heavy atom. The number of benzene rings is 2. The van der Waals surface area contributed by atoms with Crippen LogP contribution < -0.4 is 15.0 Å². The number of pyridine rings is 1. The number of aromatic nitrogens is 5. The summed E-state index contributed by atoms with van der Waals surface area (Å²) in [6.07, 6.45) is 0.